The van der Waals surface area contributed by atoms with E-state index in [1.165, 1.54) is 12.1 Å². The van der Waals surface area contributed by atoms with E-state index in [0.29, 0.717) is 0 Å². The Labute approximate surface area is 92.7 Å². The normalized spacial score (nSPS) is 10.6. The first-order valence-corrected chi connectivity index (χ1v) is 5.77. The van der Waals surface area contributed by atoms with E-state index >= 15 is 0 Å². The lowest BCUT2D eigenvalue weighted by Crippen LogP contribution is -2.38. The minimum absolute atomic E-state index is 0.0425. The van der Waals surface area contributed by atoms with Gasteiger partial charge in [-0.3, -0.25) is 10.1 Å². The van der Waals surface area contributed by atoms with Crippen LogP contribution in [0.5, 0.6) is 0 Å². The monoisotopic (exact) mass is 242 g/mol. The van der Waals surface area contributed by atoms with Gasteiger partial charge < -0.3 is 0 Å². The SMILES string of the molecule is Cc1ccc(S(=O)(=O)NC(=O)NC=O)cc1. The summed E-state index contributed by atoms with van der Waals surface area (Å²) in [5, 5.41) is 1.67. The van der Waals surface area contributed by atoms with Gasteiger partial charge in [0.15, 0.2) is 0 Å². The Hall–Kier alpha value is -1.89. The van der Waals surface area contributed by atoms with E-state index < -0.39 is 16.1 Å². The lowest BCUT2D eigenvalue weighted by molar-refractivity contribution is -0.108. The quantitative estimate of drug-likeness (QED) is 0.737. The first-order valence-electron chi connectivity index (χ1n) is 4.29. The summed E-state index contributed by atoms with van der Waals surface area (Å²) in [6.07, 6.45) is 0.0972. The Morgan fingerprint density at radius 2 is 1.81 bits per heavy atom. The summed E-state index contributed by atoms with van der Waals surface area (Å²) in [5.74, 6) is 0. The highest BCUT2D eigenvalue weighted by Gasteiger charge is 2.16. The number of hydrogen-bond acceptors (Lipinski definition) is 4. The molecule has 0 fully saturated rings. The number of amides is 3. The number of aryl methyl sites for hydroxylation is 1. The second-order valence-corrected chi connectivity index (χ2v) is 4.69. The van der Waals surface area contributed by atoms with Crippen molar-refractivity contribution in [2.45, 2.75) is 11.8 Å². The number of imide groups is 1. The minimum atomic E-state index is -3.92. The standard InChI is InChI=1S/C9H10N2O4S/c1-7-2-4-8(5-3-7)16(14,15)11-9(13)10-6-12/h2-6H,1H3,(H2,10,11,12,13). The number of hydrogen-bond donors (Lipinski definition) is 2. The highest BCUT2D eigenvalue weighted by molar-refractivity contribution is 7.90. The van der Waals surface area contributed by atoms with Crippen LogP contribution in [-0.4, -0.2) is 20.9 Å². The summed E-state index contributed by atoms with van der Waals surface area (Å²) < 4.78 is 24.8. The van der Waals surface area contributed by atoms with Crippen molar-refractivity contribution in [2.24, 2.45) is 0 Å². The van der Waals surface area contributed by atoms with E-state index in [1.807, 2.05) is 6.92 Å². The molecular formula is C9H10N2O4S. The summed E-state index contributed by atoms with van der Waals surface area (Å²) in [7, 11) is -3.92. The molecule has 0 radical (unpaired) electrons. The fraction of sp³-hybridized carbons (Fsp3) is 0.111. The topological polar surface area (TPSA) is 92.3 Å². The van der Waals surface area contributed by atoms with Crippen molar-refractivity contribution in [3.8, 4) is 0 Å². The average Bonchev–Trinajstić information content (AvgIpc) is 2.17. The Morgan fingerprint density at radius 1 is 1.25 bits per heavy atom. The number of carbonyl (C=O) groups excluding carboxylic acids is 2. The van der Waals surface area contributed by atoms with Crippen molar-refractivity contribution in [1.82, 2.24) is 10.0 Å². The second kappa shape index (κ2) is 4.75. The number of rotatable bonds is 3. The lowest BCUT2D eigenvalue weighted by Gasteiger charge is -2.05. The van der Waals surface area contributed by atoms with Crippen LogP contribution in [0.3, 0.4) is 0 Å². The Bertz CT molecular complexity index is 493. The van der Waals surface area contributed by atoms with Crippen molar-refractivity contribution < 1.29 is 18.0 Å². The molecule has 0 aliphatic heterocycles. The molecule has 2 N–H and O–H groups in total. The number of carbonyl (C=O) groups is 2. The molecule has 0 bridgehead atoms. The summed E-state index contributed by atoms with van der Waals surface area (Å²) in [4.78, 5) is 20.7. The van der Waals surface area contributed by atoms with E-state index in [0.717, 1.165) is 5.56 Å². The summed E-state index contributed by atoms with van der Waals surface area (Å²) in [6, 6.07) is 4.85. The predicted molar refractivity (Wildman–Crippen MR) is 56.1 cm³/mol. The maximum atomic E-state index is 11.5. The smallest absolute Gasteiger partial charge is 0.280 e. The zero-order valence-corrected chi connectivity index (χ0v) is 9.24. The van der Waals surface area contributed by atoms with Gasteiger partial charge in [0.05, 0.1) is 4.90 Å². The van der Waals surface area contributed by atoms with E-state index in [9.17, 15) is 18.0 Å². The fourth-order valence-corrected chi connectivity index (χ4v) is 1.90. The van der Waals surface area contributed by atoms with Crippen LogP contribution in [0.25, 0.3) is 0 Å². The van der Waals surface area contributed by atoms with Crippen molar-refractivity contribution in [1.29, 1.82) is 0 Å². The molecule has 7 heteroatoms. The van der Waals surface area contributed by atoms with E-state index in [2.05, 4.69) is 0 Å². The maximum Gasteiger partial charge on any atom is 0.335 e. The Kier molecular flexibility index (Phi) is 3.62. The number of sulfonamides is 1. The van der Waals surface area contributed by atoms with Crippen molar-refractivity contribution in [3.05, 3.63) is 29.8 Å². The first-order chi connectivity index (χ1) is 7.45. The maximum absolute atomic E-state index is 11.5. The van der Waals surface area contributed by atoms with Gasteiger partial charge in [-0.25, -0.2) is 17.9 Å². The van der Waals surface area contributed by atoms with Crippen molar-refractivity contribution in [2.75, 3.05) is 0 Å². The highest BCUT2D eigenvalue weighted by atomic mass is 32.2. The molecule has 1 rings (SSSR count). The predicted octanol–water partition coefficient (Wildman–Crippen LogP) is 0.139. The third-order valence-corrected chi connectivity index (χ3v) is 3.10. The van der Waals surface area contributed by atoms with Crippen LogP contribution in [0.15, 0.2) is 29.2 Å². The van der Waals surface area contributed by atoms with Crippen molar-refractivity contribution in [3.63, 3.8) is 0 Å². The average molecular weight is 242 g/mol. The number of benzene rings is 1. The molecule has 0 saturated heterocycles. The summed E-state index contributed by atoms with van der Waals surface area (Å²) in [6.45, 7) is 1.81. The van der Waals surface area contributed by atoms with Crippen LogP contribution in [0.2, 0.25) is 0 Å². The van der Waals surface area contributed by atoms with Crippen LogP contribution in [0.4, 0.5) is 4.79 Å². The molecule has 0 atom stereocenters. The largest absolute Gasteiger partial charge is 0.335 e. The van der Waals surface area contributed by atoms with Crippen LogP contribution in [-0.2, 0) is 14.8 Å². The third kappa shape index (κ3) is 3.06. The molecule has 3 amide bonds. The Morgan fingerprint density at radius 3 is 2.31 bits per heavy atom. The molecule has 86 valence electrons. The lowest BCUT2D eigenvalue weighted by atomic mass is 10.2. The van der Waals surface area contributed by atoms with E-state index in [4.69, 9.17) is 0 Å². The molecule has 0 aromatic heterocycles. The molecular weight excluding hydrogens is 232 g/mol. The van der Waals surface area contributed by atoms with Gasteiger partial charge >= 0.3 is 6.03 Å². The molecule has 1 aromatic carbocycles. The van der Waals surface area contributed by atoms with Gasteiger partial charge in [0, 0.05) is 0 Å². The molecule has 0 aliphatic rings. The van der Waals surface area contributed by atoms with Crippen LogP contribution in [0, 0.1) is 6.92 Å². The van der Waals surface area contributed by atoms with Crippen LogP contribution < -0.4 is 10.0 Å². The zero-order valence-electron chi connectivity index (χ0n) is 8.43. The third-order valence-electron chi connectivity index (χ3n) is 1.75. The summed E-state index contributed by atoms with van der Waals surface area (Å²) >= 11 is 0. The fourth-order valence-electron chi connectivity index (χ4n) is 0.981. The van der Waals surface area contributed by atoms with E-state index in [1.54, 1.807) is 22.2 Å². The second-order valence-electron chi connectivity index (χ2n) is 3.01. The van der Waals surface area contributed by atoms with Crippen LogP contribution >= 0.6 is 0 Å². The first kappa shape index (κ1) is 12.2. The summed E-state index contributed by atoms with van der Waals surface area (Å²) in [5.41, 5.74) is 0.899. The van der Waals surface area contributed by atoms with Crippen LogP contribution in [0.1, 0.15) is 5.56 Å². The van der Waals surface area contributed by atoms with Crippen molar-refractivity contribution >= 4 is 22.5 Å². The molecule has 0 spiro atoms. The van der Waals surface area contributed by atoms with Gasteiger partial charge in [0.25, 0.3) is 10.0 Å². The molecule has 0 unspecified atom stereocenters. The minimum Gasteiger partial charge on any atom is -0.280 e. The molecule has 0 aliphatic carbocycles. The molecule has 0 heterocycles. The van der Waals surface area contributed by atoms with Gasteiger partial charge in [0.2, 0.25) is 6.41 Å². The molecule has 16 heavy (non-hydrogen) atoms. The zero-order chi connectivity index (χ0) is 12.2. The highest BCUT2D eigenvalue weighted by Crippen LogP contribution is 2.09. The molecule has 0 saturated carbocycles. The van der Waals surface area contributed by atoms with Gasteiger partial charge in [-0.1, -0.05) is 17.7 Å². The number of nitrogens with one attached hydrogen (secondary N) is 2. The van der Waals surface area contributed by atoms with Gasteiger partial charge in [0.1, 0.15) is 0 Å². The van der Waals surface area contributed by atoms with Gasteiger partial charge in [-0.15, -0.1) is 0 Å². The van der Waals surface area contributed by atoms with Gasteiger partial charge in [-0.2, -0.15) is 0 Å². The molecule has 6 nitrogen and oxygen atoms in total. The van der Waals surface area contributed by atoms with Gasteiger partial charge in [-0.05, 0) is 19.1 Å². The molecule has 1 aromatic rings. The Balaban J connectivity index is 2.90. The number of urea groups is 1. The van der Waals surface area contributed by atoms with E-state index in [-0.39, 0.29) is 11.3 Å².